The predicted molar refractivity (Wildman–Crippen MR) is 83.3 cm³/mol. The molecule has 4 atom stereocenters. The summed E-state index contributed by atoms with van der Waals surface area (Å²) in [5, 5.41) is 3.57. The quantitative estimate of drug-likeness (QED) is 0.837. The third-order valence-electron chi connectivity index (χ3n) is 5.22. The number of carbonyl (C=O) groups excluding carboxylic acids is 1. The maximum Gasteiger partial charge on any atom is 0.241 e. The highest BCUT2D eigenvalue weighted by Gasteiger charge is 2.41. The largest absolute Gasteiger partial charge is 0.325 e. The Kier molecular flexibility index (Phi) is 5.48. The van der Waals surface area contributed by atoms with Gasteiger partial charge in [0.1, 0.15) is 0 Å². The van der Waals surface area contributed by atoms with E-state index in [0.29, 0.717) is 17.7 Å². The molecule has 2 fully saturated rings. The van der Waals surface area contributed by atoms with Gasteiger partial charge >= 0.3 is 0 Å². The van der Waals surface area contributed by atoms with E-state index in [9.17, 15) is 4.79 Å². The lowest BCUT2D eigenvalue weighted by molar-refractivity contribution is -0.131. The zero-order valence-corrected chi connectivity index (χ0v) is 13.7. The van der Waals surface area contributed by atoms with Gasteiger partial charge in [-0.05, 0) is 30.6 Å². The second kappa shape index (κ2) is 6.93. The molecule has 1 aliphatic heterocycles. The summed E-state index contributed by atoms with van der Waals surface area (Å²) >= 11 is 0. The highest BCUT2D eigenvalue weighted by atomic mass is 16.2. The molecule has 0 bridgehead atoms. The lowest BCUT2D eigenvalue weighted by atomic mass is 9.80. The van der Waals surface area contributed by atoms with Crippen molar-refractivity contribution >= 4 is 5.91 Å². The molecule has 116 valence electrons. The molecular weight excluding hydrogens is 248 g/mol. The minimum Gasteiger partial charge on any atom is -0.325 e. The molecule has 0 aromatic rings. The molecule has 1 N–H and O–H groups in total. The van der Waals surface area contributed by atoms with Gasteiger partial charge in [-0.1, -0.05) is 53.4 Å². The summed E-state index contributed by atoms with van der Waals surface area (Å²) in [6.45, 7) is 9.93. The molecule has 1 amide bonds. The van der Waals surface area contributed by atoms with Crippen LogP contribution in [-0.2, 0) is 4.79 Å². The minimum absolute atomic E-state index is 0.0614. The number of carbonyl (C=O) groups is 1. The van der Waals surface area contributed by atoms with E-state index in [0.717, 1.165) is 25.3 Å². The molecule has 1 saturated heterocycles. The highest BCUT2D eigenvalue weighted by molar-refractivity contribution is 5.84. The van der Waals surface area contributed by atoms with Crippen LogP contribution in [0.4, 0.5) is 0 Å². The molecule has 4 unspecified atom stereocenters. The topological polar surface area (TPSA) is 32.3 Å². The van der Waals surface area contributed by atoms with Crippen LogP contribution in [0.5, 0.6) is 0 Å². The summed E-state index contributed by atoms with van der Waals surface area (Å²) in [5.74, 6) is 2.31. The average Bonchev–Trinajstić information content (AvgIpc) is 2.71. The number of hydrogen-bond donors (Lipinski definition) is 1. The van der Waals surface area contributed by atoms with Gasteiger partial charge in [-0.3, -0.25) is 10.1 Å². The Morgan fingerprint density at radius 1 is 1.30 bits per heavy atom. The first-order chi connectivity index (χ1) is 9.54. The van der Waals surface area contributed by atoms with E-state index < -0.39 is 0 Å². The number of nitrogens with zero attached hydrogens (tertiary/aromatic N) is 1. The van der Waals surface area contributed by atoms with Crippen molar-refractivity contribution in [2.45, 2.75) is 78.4 Å². The summed E-state index contributed by atoms with van der Waals surface area (Å²) in [6, 6.07) is 0.0614. The first-order valence-corrected chi connectivity index (χ1v) is 8.61. The van der Waals surface area contributed by atoms with Crippen LogP contribution >= 0.6 is 0 Å². The van der Waals surface area contributed by atoms with Crippen molar-refractivity contribution < 1.29 is 4.79 Å². The smallest absolute Gasteiger partial charge is 0.241 e. The fourth-order valence-electron chi connectivity index (χ4n) is 3.87. The lowest BCUT2D eigenvalue weighted by Crippen LogP contribution is -2.45. The van der Waals surface area contributed by atoms with Crippen LogP contribution in [0.3, 0.4) is 0 Å². The van der Waals surface area contributed by atoms with Crippen molar-refractivity contribution in [3.8, 4) is 0 Å². The van der Waals surface area contributed by atoms with Crippen LogP contribution in [0.1, 0.15) is 66.2 Å². The first kappa shape index (κ1) is 15.8. The number of amides is 1. The molecule has 0 radical (unpaired) electrons. The standard InChI is InChI=1S/C17H32N2O/c1-5-8-15-17(20)19(16(18-15)12(2)3)11-14-10-7-6-9-13(14)4/h12-16,18H,5-11H2,1-4H3. The Morgan fingerprint density at radius 3 is 2.60 bits per heavy atom. The molecule has 1 heterocycles. The van der Waals surface area contributed by atoms with E-state index in [1.165, 1.54) is 25.7 Å². The molecule has 3 nitrogen and oxygen atoms in total. The van der Waals surface area contributed by atoms with Crippen LogP contribution < -0.4 is 5.32 Å². The summed E-state index contributed by atoms with van der Waals surface area (Å²) < 4.78 is 0. The van der Waals surface area contributed by atoms with Crippen molar-refractivity contribution in [3.05, 3.63) is 0 Å². The first-order valence-electron chi connectivity index (χ1n) is 8.61. The summed E-state index contributed by atoms with van der Waals surface area (Å²) in [5.41, 5.74) is 0. The fraction of sp³-hybridized carbons (Fsp3) is 0.941. The van der Waals surface area contributed by atoms with Gasteiger partial charge in [0, 0.05) is 6.54 Å². The molecule has 0 spiro atoms. The molecule has 0 aromatic carbocycles. The molecule has 0 aromatic heterocycles. The maximum absolute atomic E-state index is 12.7. The highest BCUT2D eigenvalue weighted by Crippen LogP contribution is 2.32. The van der Waals surface area contributed by atoms with Crippen LogP contribution in [0.2, 0.25) is 0 Å². The zero-order chi connectivity index (χ0) is 14.7. The van der Waals surface area contributed by atoms with E-state index in [4.69, 9.17) is 0 Å². The Bertz CT molecular complexity index is 329. The van der Waals surface area contributed by atoms with Gasteiger partial charge in [-0.2, -0.15) is 0 Å². The van der Waals surface area contributed by atoms with E-state index in [1.807, 2.05) is 0 Å². The Balaban J connectivity index is 2.04. The fourth-order valence-corrected chi connectivity index (χ4v) is 3.87. The molecule has 20 heavy (non-hydrogen) atoms. The van der Waals surface area contributed by atoms with Crippen molar-refractivity contribution in [2.75, 3.05) is 6.54 Å². The average molecular weight is 280 g/mol. The van der Waals surface area contributed by atoms with Gasteiger partial charge in [-0.15, -0.1) is 0 Å². The Labute approximate surface area is 124 Å². The Morgan fingerprint density at radius 2 is 2.00 bits per heavy atom. The van der Waals surface area contributed by atoms with Gasteiger partial charge in [0.2, 0.25) is 5.91 Å². The molecule has 2 aliphatic rings. The summed E-state index contributed by atoms with van der Waals surface area (Å²) in [4.78, 5) is 14.8. The van der Waals surface area contributed by atoms with Crippen molar-refractivity contribution in [3.63, 3.8) is 0 Å². The predicted octanol–water partition coefficient (Wildman–Crippen LogP) is 3.40. The van der Waals surface area contributed by atoms with E-state index >= 15 is 0 Å². The summed E-state index contributed by atoms with van der Waals surface area (Å²) in [6.07, 6.45) is 7.64. The van der Waals surface area contributed by atoms with Crippen LogP contribution in [0.15, 0.2) is 0 Å². The third kappa shape index (κ3) is 3.36. The second-order valence-electron chi connectivity index (χ2n) is 7.21. The third-order valence-corrected chi connectivity index (χ3v) is 5.22. The van der Waals surface area contributed by atoms with Crippen molar-refractivity contribution in [1.29, 1.82) is 0 Å². The van der Waals surface area contributed by atoms with Gasteiger partial charge < -0.3 is 4.90 Å². The van der Waals surface area contributed by atoms with Gasteiger partial charge in [-0.25, -0.2) is 0 Å². The molecule has 1 saturated carbocycles. The van der Waals surface area contributed by atoms with E-state index in [1.54, 1.807) is 0 Å². The van der Waals surface area contributed by atoms with Gasteiger partial charge in [0.05, 0.1) is 12.2 Å². The minimum atomic E-state index is 0.0614. The molecular formula is C17H32N2O. The van der Waals surface area contributed by atoms with Gasteiger partial charge in [0.15, 0.2) is 0 Å². The zero-order valence-electron chi connectivity index (χ0n) is 13.7. The molecule has 1 aliphatic carbocycles. The molecule has 3 heteroatoms. The van der Waals surface area contributed by atoms with E-state index in [-0.39, 0.29) is 12.2 Å². The van der Waals surface area contributed by atoms with Crippen molar-refractivity contribution in [1.82, 2.24) is 10.2 Å². The van der Waals surface area contributed by atoms with Gasteiger partial charge in [0.25, 0.3) is 0 Å². The summed E-state index contributed by atoms with van der Waals surface area (Å²) in [7, 11) is 0. The second-order valence-corrected chi connectivity index (χ2v) is 7.21. The normalized spacial score (nSPS) is 35.0. The van der Waals surface area contributed by atoms with Crippen molar-refractivity contribution in [2.24, 2.45) is 17.8 Å². The van der Waals surface area contributed by atoms with Crippen LogP contribution in [-0.4, -0.2) is 29.6 Å². The monoisotopic (exact) mass is 280 g/mol. The maximum atomic E-state index is 12.7. The van der Waals surface area contributed by atoms with Crippen LogP contribution in [0, 0.1) is 17.8 Å². The molecule has 2 rings (SSSR count). The number of hydrogen-bond acceptors (Lipinski definition) is 2. The SMILES string of the molecule is CCCC1NC(C(C)C)N(CC2CCCCC2C)C1=O. The number of nitrogens with one attached hydrogen (secondary N) is 1. The Hall–Kier alpha value is -0.570. The number of rotatable bonds is 5. The van der Waals surface area contributed by atoms with Crippen LogP contribution in [0.25, 0.3) is 0 Å². The lowest BCUT2D eigenvalue weighted by Gasteiger charge is -2.35. The van der Waals surface area contributed by atoms with E-state index in [2.05, 4.69) is 37.9 Å².